The zero-order chi connectivity index (χ0) is 22.9. The lowest BCUT2D eigenvalue weighted by molar-refractivity contribution is -0.206. The number of nitrogens with zero attached hydrogens (tertiary/aromatic N) is 2. The van der Waals surface area contributed by atoms with Gasteiger partial charge in [0.05, 0.1) is 17.1 Å². The molecule has 6 nitrogen and oxygen atoms in total. The fourth-order valence-corrected chi connectivity index (χ4v) is 3.38. The molecule has 32 heavy (non-hydrogen) atoms. The molecule has 0 spiro atoms. The maximum Gasteiger partial charge on any atom is 0.418 e. The smallest absolute Gasteiger partial charge is 0.379 e. The zero-order valence-electron chi connectivity index (χ0n) is 16.9. The van der Waals surface area contributed by atoms with E-state index in [1.54, 1.807) is 19.1 Å². The fraction of sp³-hybridized carbons (Fsp3) is 0.130. The number of aryl methyl sites for hydroxylation is 1. The van der Waals surface area contributed by atoms with Crippen LogP contribution >= 0.6 is 0 Å². The van der Waals surface area contributed by atoms with Gasteiger partial charge in [0.15, 0.2) is 6.10 Å². The molecule has 0 aliphatic rings. The number of hydrogen-bond donors (Lipinski definition) is 3. The van der Waals surface area contributed by atoms with Crippen molar-refractivity contribution in [3.05, 3.63) is 84.1 Å². The predicted molar refractivity (Wildman–Crippen MR) is 116 cm³/mol. The van der Waals surface area contributed by atoms with Gasteiger partial charge in [-0.1, -0.05) is 48.5 Å². The normalized spacial score (nSPS) is 12.5. The Morgan fingerprint density at radius 2 is 1.69 bits per heavy atom. The molecule has 4 rings (SSSR count). The van der Waals surface area contributed by atoms with E-state index in [1.165, 1.54) is 28.9 Å². The van der Waals surface area contributed by atoms with Crippen LogP contribution in [-0.4, -0.2) is 27.1 Å². The number of halogens is 3. The third-order valence-electron chi connectivity index (χ3n) is 4.87. The van der Waals surface area contributed by atoms with E-state index in [2.05, 4.69) is 15.7 Å². The van der Waals surface area contributed by atoms with Crippen molar-refractivity contribution in [2.45, 2.75) is 19.2 Å². The average Bonchev–Trinajstić information content (AvgIpc) is 3.12. The maximum absolute atomic E-state index is 12.7. The van der Waals surface area contributed by atoms with E-state index in [4.69, 9.17) is 0 Å². The van der Waals surface area contributed by atoms with Crippen LogP contribution in [0.3, 0.4) is 0 Å². The topological polar surface area (TPSA) is 79.2 Å². The molecule has 0 bridgehead atoms. The van der Waals surface area contributed by atoms with Gasteiger partial charge >= 0.3 is 12.2 Å². The van der Waals surface area contributed by atoms with E-state index in [1.807, 2.05) is 36.4 Å². The second-order valence-electron chi connectivity index (χ2n) is 7.22. The molecule has 0 radical (unpaired) electrons. The van der Waals surface area contributed by atoms with Crippen LogP contribution in [0.15, 0.2) is 72.8 Å². The first kappa shape index (κ1) is 21.4. The van der Waals surface area contributed by atoms with Crippen LogP contribution in [0.1, 0.15) is 17.4 Å². The van der Waals surface area contributed by atoms with Crippen molar-refractivity contribution in [3.63, 3.8) is 0 Å². The van der Waals surface area contributed by atoms with E-state index in [-0.39, 0.29) is 5.56 Å². The SMILES string of the molecule is Cc1cc(NC(=O)Nc2cccc3ccccc23)n(-c2ccc(C(O)C(F)(F)F)cc2)n1. The summed E-state index contributed by atoms with van der Waals surface area (Å²) >= 11 is 0. The van der Waals surface area contributed by atoms with Crippen molar-refractivity contribution >= 4 is 28.3 Å². The molecule has 0 saturated carbocycles. The zero-order valence-corrected chi connectivity index (χ0v) is 16.9. The Bertz CT molecular complexity index is 1260. The number of hydrogen-bond acceptors (Lipinski definition) is 3. The highest BCUT2D eigenvalue weighted by Crippen LogP contribution is 2.33. The number of rotatable bonds is 4. The average molecular weight is 440 g/mol. The van der Waals surface area contributed by atoms with E-state index < -0.39 is 18.3 Å². The number of urea groups is 1. The first-order valence-electron chi connectivity index (χ1n) is 9.70. The number of benzene rings is 3. The van der Waals surface area contributed by atoms with Crippen molar-refractivity contribution < 1.29 is 23.1 Å². The van der Waals surface area contributed by atoms with E-state index in [0.29, 0.717) is 22.9 Å². The molecule has 164 valence electrons. The highest BCUT2D eigenvalue weighted by Gasteiger charge is 2.39. The van der Waals surface area contributed by atoms with Gasteiger partial charge in [-0.15, -0.1) is 0 Å². The lowest BCUT2D eigenvalue weighted by Gasteiger charge is -2.15. The summed E-state index contributed by atoms with van der Waals surface area (Å²) in [5.41, 5.74) is 1.38. The molecular weight excluding hydrogens is 421 g/mol. The Morgan fingerprint density at radius 3 is 2.41 bits per heavy atom. The summed E-state index contributed by atoms with van der Waals surface area (Å²) < 4.78 is 39.6. The van der Waals surface area contributed by atoms with Gasteiger partial charge in [-0.3, -0.25) is 5.32 Å². The van der Waals surface area contributed by atoms with Crippen LogP contribution in [0.25, 0.3) is 16.5 Å². The van der Waals surface area contributed by atoms with Gasteiger partial charge in [0.2, 0.25) is 0 Å². The van der Waals surface area contributed by atoms with Crippen molar-refractivity contribution in [2.24, 2.45) is 0 Å². The quantitative estimate of drug-likeness (QED) is 0.388. The Balaban J connectivity index is 1.55. The number of carbonyl (C=O) groups is 1. The molecular formula is C23H19F3N4O2. The van der Waals surface area contributed by atoms with E-state index in [9.17, 15) is 23.1 Å². The largest absolute Gasteiger partial charge is 0.418 e. The van der Waals surface area contributed by atoms with Crippen molar-refractivity contribution in [1.82, 2.24) is 9.78 Å². The predicted octanol–water partition coefficient (Wildman–Crippen LogP) is 5.57. The minimum absolute atomic E-state index is 0.284. The van der Waals surface area contributed by atoms with Crippen LogP contribution < -0.4 is 10.6 Å². The van der Waals surface area contributed by atoms with Gasteiger partial charge in [0.25, 0.3) is 0 Å². The molecule has 1 aromatic heterocycles. The first-order valence-corrected chi connectivity index (χ1v) is 9.70. The molecule has 0 fully saturated rings. The molecule has 1 heterocycles. The van der Waals surface area contributed by atoms with Crippen LogP contribution in [0, 0.1) is 6.92 Å². The molecule has 1 atom stereocenters. The molecule has 0 aliphatic heterocycles. The monoisotopic (exact) mass is 440 g/mol. The van der Waals surface area contributed by atoms with Gasteiger partial charge in [0.1, 0.15) is 5.82 Å². The number of carbonyl (C=O) groups excluding carboxylic acids is 1. The van der Waals surface area contributed by atoms with Crippen LogP contribution in [0.5, 0.6) is 0 Å². The molecule has 3 aromatic carbocycles. The Hall–Kier alpha value is -3.85. The van der Waals surface area contributed by atoms with Gasteiger partial charge in [-0.05, 0) is 36.1 Å². The van der Waals surface area contributed by atoms with E-state index >= 15 is 0 Å². The maximum atomic E-state index is 12.7. The molecule has 2 amide bonds. The Morgan fingerprint density at radius 1 is 1.00 bits per heavy atom. The van der Waals surface area contributed by atoms with Gasteiger partial charge in [-0.2, -0.15) is 18.3 Å². The first-order chi connectivity index (χ1) is 15.2. The summed E-state index contributed by atoms with van der Waals surface area (Å²) in [6.07, 6.45) is -7.32. The Labute approximate surface area is 181 Å². The number of anilines is 2. The molecule has 9 heteroatoms. The van der Waals surface area contributed by atoms with Crippen molar-refractivity contribution in [2.75, 3.05) is 10.6 Å². The molecule has 4 aromatic rings. The number of aromatic nitrogens is 2. The summed E-state index contributed by atoms with van der Waals surface area (Å²) in [4.78, 5) is 12.7. The minimum atomic E-state index is -4.75. The lowest BCUT2D eigenvalue weighted by atomic mass is 10.1. The van der Waals surface area contributed by atoms with Crippen LogP contribution in [0.4, 0.5) is 29.5 Å². The van der Waals surface area contributed by atoms with Crippen molar-refractivity contribution in [1.29, 1.82) is 0 Å². The third-order valence-corrected chi connectivity index (χ3v) is 4.87. The summed E-state index contributed by atoms with van der Waals surface area (Å²) in [5, 5.41) is 21.1. The number of amides is 2. The van der Waals surface area contributed by atoms with Crippen LogP contribution in [-0.2, 0) is 0 Å². The Kier molecular flexibility index (Phi) is 5.58. The number of nitrogens with one attached hydrogen (secondary N) is 2. The van der Waals surface area contributed by atoms with Gasteiger partial charge in [-0.25, -0.2) is 9.48 Å². The standard InChI is InChI=1S/C23H19F3N4O2/c1-14-13-20(28-22(32)27-19-8-4-6-15-5-2-3-7-18(15)19)30(29-14)17-11-9-16(10-12-17)21(31)23(24,25)26/h2-13,21,31H,1H3,(H2,27,28,32). The third kappa shape index (κ3) is 4.42. The molecule has 1 unspecified atom stereocenters. The van der Waals surface area contributed by atoms with Crippen LogP contribution in [0.2, 0.25) is 0 Å². The number of fused-ring (bicyclic) bond motifs is 1. The van der Waals surface area contributed by atoms with Gasteiger partial charge in [0, 0.05) is 11.5 Å². The highest BCUT2D eigenvalue weighted by atomic mass is 19.4. The highest BCUT2D eigenvalue weighted by molar-refractivity contribution is 6.06. The van der Waals surface area contributed by atoms with Crippen molar-refractivity contribution in [3.8, 4) is 5.69 Å². The fourth-order valence-electron chi connectivity index (χ4n) is 3.38. The minimum Gasteiger partial charge on any atom is -0.379 e. The lowest BCUT2D eigenvalue weighted by Crippen LogP contribution is -2.21. The number of aliphatic hydroxyl groups is 1. The molecule has 3 N–H and O–H groups in total. The summed E-state index contributed by atoms with van der Waals surface area (Å²) in [6.45, 7) is 1.73. The second kappa shape index (κ2) is 8.35. The van der Waals surface area contributed by atoms with Gasteiger partial charge < -0.3 is 10.4 Å². The second-order valence-corrected chi connectivity index (χ2v) is 7.22. The summed E-state index contributed by atoms with van der Waals surface area (Å²) in [6, 6.07) is 19.5. The van der Waals surface area contributed by atoms with E-state index in [0.717, 1.165) is 10.8 Å². The molecule has 0 aliphatic carbocycles. The number of aliphatic hydroxyl groups excluding tert-OH is 1. The number of alkyl halides is 3. The summed E-state index contributed by atoms with van der Waals surface area (Å²) in [5.74, 6) is 0.337. The summed E-state index contributed by atoms with van der Waals surface area (Å²) in [7, 11) is 0. The molecule has 0 saturated heterocycles.